The number of aromatic nitrogens is 1. The largest absolute Gasteiger partial charge is 0.396 e. The van der Waals surface area contributed by atoms with Crippen LogP contribution in [0.3, 0.4) is 0 Å². The minimum Gasteiger partial charge on any atom is -0.396 e. The molecule has 1 aromatic rings. The van der Waals surface area contributed by atoms with Gasteiger partial charge in [0.15, 0.2) is 0 Å². The fourth-order valence-corrected chi connectivity index (χ4v) is 0.961. The van der Waals surface area contributed by atoms with Crippen molar-refractivity contribution >= 4 is 0 Å². The van der Waals surface area contributed by atoms with E-state index in [0.717, 1.165) is 5.69 Å². The van der Waals surface area contributed by atoms with Crippen LogP contribution in [0.2, 0.25) is 0 Å². The molecule has 0 saturated carbocycles. The van der Waals surface area contributed by atoms with Gasteiger partial charge in [0.2, 0.25) is 0 Å². The molecule has 0 aliphatic heterocycles. The number of aliphatic hydroxyl groups excluding tert-OH is 1. The molecule has 0 spiro atoms. The van der Waals surface area contributed by atoms with Gasteiger partial charge in [-0.15, -0.1) is 0 Å². The summed E-state index contributed by atoms with van der Waals surface area (Å²) in [5, 5.41) is 9.00. The highest BCUT2D eigenvalue weighted by atomic mass is 16.5. The van der Waals surface area contributed by atoms with E-state index in [1.807, 2.05) is 32.0 Å². The number of pyridine rings is 1. The highest BCUT2D eigenvalue weighted by Gasteiger charge is 2.16. The first-order valence-electron chi connectivity index (χ1n) is 4.72. The van der Waals surface area contributed by atoms with Crippen molar-refractivity contribution in [3.8, 4) is 0 Å². The lowest BCUT2D eigenvalue weighted by Crippen LogP contribution is -2.23. The molecule has 0 radical (unpaired) electrons. The second-order valence-electron chi connectivity index (χ2n) is 4.14. The van der Waals surface area contributed by atoms with Crippen LogP contribution in [0.4, 0.5) is 0 Å². The maximum absolute atomic E-state index is 9.00. The summed E-state index contributed by atoms with van der Waals surface area (Å²) in [6.45, 7) is 5.11. The SMILES string of the molecule is CC(C)(CO)COCc1ccccn1. The maximum atomic E-state index is 9.00. The monoisotopic (exact) mass is 195 g/mol. The van der Waals surface area contributed by atoms with Crippen LogP contribution in [0.5, 0.6) is 0 Å². The smallest absolute Gasteiger partial charge is 0.0888 e. The molecule has 78 valence electrons. The predicted molar refractivity (Wildman–Crippen MR) is 54.8 cm³/mol. The Morgan fingerprint density at radius 3 is 2.79 bits per heavy atom. The normalized spacial score (nSPS) is 11.6. The Morgan fingerprint density at radius 1 is 1.43 bits per heavy atom. The quantitative estimate of drug-likeness (QED) is 0.776. The third-order valence-corrected chi connectivity index (χ3v) is 1.90. The minimum atomic E-state index is -0.172. The Balaban J connectivity index is 2.29. The van der Waals surface area contributed by atoms with E-state index in [2.05, 4.69) is 4.98 Å². The average molecular weight is 195 g/mol. The van der Waals surface area contributed by atoms with Crippen molar-refractivity contribution in [3.63, 3.8) is 0 Å². The van der Waals surface area contributed by atoms with Crippen LogP contribution in [0.25, 0.3) is 0 Å². The molecule has 0 bridgehead atoms. The number of hydrogen-bond acceptors (Lipinski definition) is 3. The van der Waals surface area contributed by atoms with E-state index in [-0.39, 0.29) is 12.0 Å². The van der Waals surface area contributed by atoms with Crippen LogP contribution in [-0.2, 0) is 11.3 Å². The molecule has 1 N–H and O–H groups in total. The summed E-state index contributed by atoms with van der Waals surface area (Å²) in [6, 6.07) is 5.73. The second kappa shape index (κ2) is 5.08. The zero-order valence-corrected chi connectivity index (χ0v) is 8.73. The molecule has 1 aromatic heterocycles. The van der Waals surface area contributed by atoms with Crippen LogP contribution < -0.4 is 0 Å². The van der Waals surface area contributed by atoms with Gasteiger partial charge in [-0.25, -0.2) is 0 Å². The zero-order chi connectivity index (χ0) is 10.4. The van der Waals surface area contributed by atoms with Gasteiger partial charge >= 0.3 is 0 Å². The molecule has 1 heterocycles. The molecule has 0 aromatic carbocycles. The van der Waals surface area contributed by atoms with Crippen LogP contribution >= 0.6 is 0 Å². The standard InChI is InChI=1S/C11H17NO2/c1-11(2,8-13)9-14-7-10-5-3-4-6-12-10/h3-6,13H,7-9H2,1-2H3. The average Bonchev–Trinajstić information content (AvgIpc) is 2.19. The van der Waals surface area contributed by atoms with Gasteiger partial charge < -0.3 is 9.84 Å². The Bertz CT molecular complexity index is 259. The highest BCUT2D eigenvalue weighted by Crippen LogP contribution is 2.14. The lowest BCUT2D eigenvalue weighted by molar-refractivity contribution is 0.0186. The van der Waals surface area contributed by atoms with Crippen molar-refractivity contribution in [2.24, 2.45) is 5.41 Å². The Labute approximate surface area is 84.7 Å². The molecule has 0 unspecified atom stereocenters. The molecule has 0 aliphatic rings. The topological polar surface area (TPSA) is 42.4 Å². The van der Waals surface area contributed by atoms with Gasteiger partial charge in [0.25, 0.3) is 0 Å². The Morgan fingerprint density at radius 2 is 2.21 bits per heavy atom. The lowest BCUT2D eigenvalue weighted by Gasteiger charge is -2.20. The predicted octanol–water partition coefficient (Wildman–Crippen LogP) is 1.62. The molecule has 0 aliphatic carbocycles. The molecule has 1 rings (SSSR count). The number of ether oxygens (including phenoxy) is 1. The zero-order valence-electron chi connectivity index (χ0n) is 8.73. The molecule has 3 heteroatoms. The lowest BCUT2D eigenvalue weighted by atomic mass is 9.97. The van der Waals surface area contributed by atoms with Crippen LogP contribution in [0.15, 0.2) is 24.4 Å². The van der Waals surface area contributed by atoms with E-state index in [4.69, 9.17) is 9.84 Å². The molecular formula is C11H17NO2. The number of nitrogens with zero attached hydrogens (tertiary/aromatic N) is 1. The Hall–Kier alpha value is -0.930. The summed E-state index contributed by atoms with van der Waals surface area (Å²) in [5.74, 6) is 0. The van der Waals surface area contributed by atoms with Gasteiger partial charge in [-0.05, 0) is 12.1 Å². The molecule has 0 fully saturated rings. The van der Waals surface area contributed by atoms with Gasteiger partial charge in [0.05, 0.1) is 25.5 Å². The molecule has 0 atom stereocenters. The minimum absolute atomic E-state index is 0.134. The fourth-order valence-electron chi connectivity index (χ4n) is 0.961. The van der Waals surface area contributed by atoms with E-state index in [9.17, 15) is 0 Å². The van der Waals surface area contributed by atoms with Crippen molar-refractivity contribution < 1.29 is 9.84 Å². The molecule has 0 saturated heterocycles. The third kappa shape index (κ3) is 3.85. The van der Waals surface area contributed by atoms with Crippen molar-refractivity contribution in [1.82, 2.24) is 4.98 Å². The van der Waals surface area contributed by atoms with Crippen molar-refractivity contribution in [2.75, 3.05) is 13.2 Å². The summed E-state index contributed by atoms with van der Waals surface area (Å²) in [7, 11) is 0. The van der Waals surface area contributed by atoms with Gasteiger partial charge in [-0.1, -0.05) is 19.9 Å². The molecule has 14 heavy (non-hydrogen) atoms. The Kier molecular flexibility index (Phi) is 4.04. The molecule has 0 amide bonds. The van der Waals surface area contributed by atoms with Gasteiger partial charge in [-0.2, -0.15) is 0 Å². The summed E-state index contributed by atoms with van der Waals surface area (Å²) in [5.41, 5.74) is 0.746. The van der Waals surface area contributed by atoms with Gasteiger partial charge in [-0.3, -0.25) is 4.98 Å². The number of aliphatic hydroxyl groups is 1. The van der Waals surface area contributed by atoms with Crippen molar-refractivity contribution in [3.05, 3.63) is 30.1 Å². The van der Waals surface area contributed by atoms with Gasteiger partial charge in [0.1, 0.15) is 0 Å². The van der Waals surface area contributed by atoms with E-state index in [1.54, 1.807) is 6.20 Å². The first-order valence-corrected chi connectivity index (χ1v) is 4.72. The van der Waals surface area contributed by atoms with Crippen LogP contribution in [0, 0.1) is 5.41 Å². The van der Waals surface area contributed by atoms with Crippen LogP contribution in [0.1, 0.15) is 19.5 Å². The molecular weight excluding hydrogens is 178 g/mol. The first kappa shape index (κ1) is 11.1. The fraction of sp³-hybridized carbons (Fsp3) is 0.545. The van der Waals surface area contributed by atoms with E-state index < -0.39 is 0 Å². The van der Waals surface area contributed by atoms with Crippen molar-refractivity contribution in [1.29, 1.82) is 0 Å². The van der Waals surface area contributed by atoms with E-state index >= 15 is 0 Å². The van der Waals surface area contributed by atoms with E-state index in [1.165, 1.54) is 0 Å². The summed E-state index contributed by atoms with van der Waals surface area (Å²) < 4.78 is 5.45. The number of rotatable bonds is 5. The molecule has 3 nitrogen and oxygen atoms in total. The third-order valence-electron chi connectivity index (χ3n) is 1.90. The summed E-state index contributed by atoms with van der Waals surface area (Å²) >= 11 is 0. The maximum Gasteiger partial charge on any atom is 0.0888 e. The van der Waals surface area contributed by atoms with Crippen LogP contribution in [-0.4, -0.2) is 23.3 Å². The number of hydrogen-bond donors (Lipinski definition) is 1. The first-order chi connectivity index (χ1) is 6.64. The second-order valence-corrected chi connectivity index (χ2v) is 4.14. The highest BCUT2D eigenvalue weighted by molar-refractivity contribution is 5.01. The van der Waals surface area contributed by atoms with E-state index in [0.29, 0.717) is 13.2 Å². The van der Waals surface area contributed by atoms with Crippen molar-refractivity contribution in [2.45, 2.75) is 20.5 Å². The summed E-state index contributed by atoms with van der Waals surface area (Å²) in [4.78, 5) is 4.14. The van der Waals surface area contributed by atoms with Gasteiger partial charge in [0, 0.05) is 11.6 Å². The summed E-state index contributed by atoms with van der Waals surface area (Å²) in [6.07, 6.45) is 1.75.